The Balaban J connectivity index is 1.47. The minimum atomic E-state index is -0.400. The number of hydrogen-bond donors (Lipinski definition) is 1. The number of piperidine rings is 1. The summed E-state index contributed by atoms with van der Waals surface area (Å²) >= 11 is 7.14. The van der Waals surface area contributed by atoms with Crippen molar-refractivity contribution in [1.29, 1.82) is 0 Å². The van der Waals surface area contributed by atoms with Gasteiger partial charge >= 0.3 is 6.09 Å². The van der Waals surface area contributed by atoms with Crippen LogP contribution < -0.4 is 10.1 Å². The molecule has 9 heteroatoms. The summed E-state index contributed by atoms with van der Waals surface area (Å²) in [6, 6.07) is 3.46. The Bertz CT molecular complexity index is 762. The van der Waals surface area contributed by atoms with E-state index in [0.717, 1.165) is 12.8 Å². The van der Waals surface area contributed by atoms with E-state index in [1.54, 1.807) is 17.0 Å². The Hall–Kier alpha value is -2.19. The quantitative estimate of drug-likeness (QED) is 0.860. The van der Waals surface area contributed by atoms with Gasteiger partial charge in [0.25, 0.3) is 5.91 Å². The fraction of sp³-hybridized carbons (Fsp3) is 0.412. The van der Waals surface area contributed by atoms with E-state index >= 15 is 0 Å². The van der Waals surface area contributed by atoms with Gasteiger partial charge in [-0.1, -0.05) is 11.6 Å². The van der Waals surface area contributed by atoms with Crippen LogP contribution in [0.5, 0.6) is 5.75 Å². The highest BCUT2D eigenvalue weighted by molar-refractivity contribution is 7.18. The van der Waals surface area contributed by atoms with E-state index in [4.69, 9.17) is 16.3 Å². The lowest BCUT2D eigenvalue weighted by molar-refractivity contribution is 0.0899. The molecule has 7 nitrogen and oxygen atoms in total. The summed E-state index contributed by atoms with van der Waals surface area (Å²) in [5, 5.41) is 3.02. The molecule has 0 aliphatic carbocycles. The molecule has 3 heterocycles. The summed E-state index contributed by atoms with van der Waals surface area (Å²) in [7, 11) is 0. The second kappa shape index (κ2) is 8.46. The van der Waals surface area contributed by atoms with Crippen molar-refractivity contribution in [2.24, 2.45) is 5.92 Å². The maximum Gasteiger partial charge on any atom is 0.415 e. The normalized spacial score (nSPS) is 16.2. The number of likely N-dealkylation sites (tertiary alicyclic amines) is 1. The van der Waals surface area contributed by atoms with Crippen LogP contribution in [0.15, 0.2) is 30.9 Å². The van der Waals surface area contributed by atoms with Gasteiger partial charge in [-0.3, -0.25) is 4.79 Å². The van der Waals surface area contributed by atoms with Crippen LogP contribution in [0, 0.1) is 5.92 Å². The first-order valence-corrected chi connectivity index (χ1v) is 9.50. The molecule has 2 aromatic rings. The molecule has 1 N–H and O–H groups in total. The number of thiophene rings is 1. The van der Waals surface area contributed by atoms with Crippen molar-refractivity contribution in [2.75, 3.05) is 13.1 Å². The third-order valence-electron chi connectivity index (χ3n) is 4.40. The topological polar surface area (TPSA) is 84.4 Å². The molecule has 26 heavy (non-hydrogen) atoms. The number of rotatable bonds is 4. The lowest BCUT2D eigenvalue weighted by atomic mass is 9.90. The Morgan fingerprint density at radius 2 is 2.00 bits per heavy atom. The van der Waals surface area contributed by atoms with Gasteiger partial charge in [-0.05, 0) is 37.8 Å². The second-order valence-corrected chi connectivity index (χ2v) is 7.85. The summed E-state index contributed by atoms with van der Waals surface area (Å²) in [5.41, 5.74) is 0. The number of amides is 2. The summed E-state index contributed by atoms with van der Waals surface area (Å²) in [5.74, 6) is 0.522. The van der Waals surface area contributed by atoms with Crippen molar-refractivity contribution < 1.29 is 14.3 Å². The zero-order valence-electron chi connectivity index (χ0n) is 14.2. The molecule has 1 aliphatic rings. The molecule has 1 saturated heterocycles. The Morgan fingerprint density at radius 3 is 2.62 bits per heavy atom. The third kappa shape index (κ3) is 4.70. The molecular weight excluding hydrogens is 376 g/mol. The van der Waals surface area contributed by atoms with Crippen LogP contribution in [-0.4, -0.2) is 46.0 Å². The van der Waals surface area contributed by atoms with Crippen LogP contribution in [0.4, 0.5) is 4.79 Å². The SMILES string of the molecule is C[C@@H](NC(=O)c1ccc(Cl)s1)C1CCN(C(=O)Oc2cncnc2)CC1. The molecule has 1 fully saturated rings. The predicted octanol–water partition coefficient (Wildman–Crippen LogP) is 3.22. The summed E-state index contributed by atoms with van der Waals surface area (Å²) < 4.78 is 5.85. The zero-order valence-corrected chi connectivity index (χ0v) is 15.8. The number of nitrogens with zero attached hydrogens (tertiary/aromatic N) is 3. The van der Waals surface area contributed by atoms with E-state index in [1.165, 1.54) is 30.1 Å². The Labute approximate surface area is 160 Å². The maximum absolute atomic E-state index is 12.2. The number of halogens is 1. The molecule has 2 aromatic heterocycles. The summed E-state index contributed by atoms with van der Waals surface area (Å²) in [4.78, 5) is 34.3. The van der Waals surface area contributed by atoms with Gasteiger partial charge in [0, 0.05) is 19.1 Å². The van der Waals surface area contributed by atoms with Crippen molar-refractivity contribution in [3.05, 3.63) is 40.1 Å². The molecule has 0 bridgehead atoms. The highest BCUT2D eigenvalue weighted by Gasteiger charge is 2.28. The minimum absolute atomic E-state index is 0.0177. The van der Waals surface area contributed by atoms with Crippen molar-refractivity contribution in [1.82, 2.24) is 20.2 Å². The van der Waals surface area contributed by atoms with Gasteiger partial charge in [-0.25, -0.2) is 14.8 Å². The third-order valence-corrected chi connectivity index (χ3v) is 5.63. The Kier molecular flexibility index (Phi) is 6.05. The number of hydrogen-bond acceptors (Lipinski definition) is 6. The van der Waals surface area contributed by atoms with Crippen molar-refractivity contribution >= 4 is 34.9 Å². The predicted molar refractivity (Wildman–Crippen MR) is 98.6 cm³/mol. The van der Waals surface area contributed by atoms with Gasteiger partial charge in [0.15, 0.2) is 5.75 Å². The number of carbonyl (C=O) groups excluding carboxylic acids is 2. The second-order valence-electron chi connectivity index (χ2n) is 6.13. The summed E-state index contributed by atoms with van der Waals surface area (Å²) in [6.07, 6.45) is 5.48. The van der Waals surface area contributed by atoms with Gasteiger partial charge in [-0.15, -0.1) is 11.3 Å². The van der Waals surface area contributed by atoms with Crippen LogP contribution in [0.3, 0.4) is 0 Å². The van der Waals surface area contributed by atoms with Gasteiger partial charge in [-0.2, -0.15) is 0 Å². The fourth-order valence-corrected chi connectivity index (χ4v) is 3.86. The molecule has 0 radical (unpaired) electrons. The average Bonchev–Trinajstić information content (AvgIpc) is 3.09. The molecule has 3 rings (SSSR count). The fourth-order valence-electron chi connectivity index (χ4n) is 2.92. The van der Waals surface area contributed by atoms with E-state index in [9.17, 15) is 9.59 Å². The lowest BCUT2D eigenvalue weighted by Crippen LogP contribution is -2.46. The first-order chi connectivity index (χ1) is 12.5. The van der Waals surface area contributed by atoms with E-state index in [1.807, 2.05) is 6.92 Å². The molecule has 0 unspecified atom stereocenters. The average molecular weight is 395 g/mol. The molecule has 2 amide bonds. The van der Waals surface area contributed by atoms with E-state index in [0.29, 0.717) is 34.0 Å². The number of nitrogens with one attached hydrogen (secondary N) is 1. The molecule has 0 aromatic carbocycles. The van der Waals surface area contributed by atoms with E-state index < -0.39 is 6.09 Å². The van der Waals surface area contributed by atoms with E-state index in [-0.39, 0.29) is 11.9 Å². The molecule has 1 aliphatic heterocycles. The smallest absolute Gasteiger partial charge is 0.407 e. The molecule has 0 spiro atoms. The Morgan fingerprint density at radius 1 is 1.31 bits per heavy atom. The largest absolute Gasteiger partial charge is 0.415 e. The van der Waals surface area contributed by atoms with E-state index in [2.05, 4.69) is 15.3 Å². The van der Waals surface area contributed by atoms with Gasteiger partial charge in [0.05, 0.1) is 21.6 Å². The molecular formula is C17H19ClN4O3S. The van der Waals surface area contributed by atoms with Crippen LogP contribution in [0.25, 0.3) is 0 Å². The first-order valence-electron chi connectivity index (χ1n) is 8.31. The highest BCUT2D eigenvalue weighted by Crippen LogP contribution is 2.24. The maximum atomic E-state index is 12.2. The van der Waals surface area contributed by atoms with Crippen LogP contribution in [0.2, 0.25) is 4.34 Å². The summed E-state index contributed by atoms with van der Waals surface area (Å²) in [6.45, 7) is 3.16. The first kappa shape index (κ1) is 18.6. The molecule has 1 atom stereocenters. The van der Waals surface area contributed by atoms with Gasteiger partial charge < -0.3 is 15.0 Å². The number of aromatic nitrogens is 2. The van der Waals surface area contributed by atoms with Crippen molar-refractivity contribution in [3.8, 4) is 5.75 Å². The zero-order chi connectivity index (χ0) is 18.5. The highest BCUT2D eigenvalue weighted by atomic mass is 35.5. The molecule has 0 saturated carbocycles. The van der Waals surface area contributed by atoms with Crippen LogP contribution in [-0.2, 0) is 0 Å². The van der Waals surface area contributed by atoms with Gasteiger partial charge in [0.2, 0.25) is 0 Å². The molecule has 138 valence electrons. The minimum Gasteiger partial charge on any atom is -0.407 e. The van der Waals surface area contributed by atoms with Crippen molar-refractivity contribution in [3.63, 3.8) is 0 Å². The van der Waals surface area contributed by atoms with Gasteiger partial charge in [0.1, 0.15) is 6.33 Å². The monoisotopic (exact) mass is 394 g/mol. The number of ether oxygens (including phenoxy) is 1. The standard InChI is InChI=1S/C17H19ClN4O3S/c1-11(21-16(23)14-2-3-15(18)26-14)12-4-6-22(7-5-12)17(24)25-13-8-19-10-20-9-13/h2-3,8-12H,4-7H2,1H3,(H,21,23)/t11-/m1/s1. The van der Waals surface area contributed by atoms with Crippen LogP contribution >= 0.6 is 22.9 Å². The number of carbonyl (C=O) groups is 2. The van der Waals surface area contributed by atoms with Crippen molar-refractivity contribution in [2.45, 2.75) is 25.8 Å². The lowest BCUT2D eigenvalue weighted by Gasteiger charge is -2.34. The van der Waals surface area contributed by atoms with Crippen LogP contribution in [0.1, 0.15) is 29.4 Å².